The maximum Gasteiger partial charge on any atom is 0.167 e. The number of fused-ring (bicyclic) bond motifs is 3. The van der Waals surface area contributed by atoms with Gasteiger partial charge < -0.3 is 0 Å². The summed E-state index contributed by atoms with van der Waals surface area (Å²) < 4.78 is 28.5. The van der Waals surface area contributed by atoms with Crippen molar-refractivity contribution in [2.45, 2.75) is 39.5 Å². The molecule has 0 amide bonds. The first-order valence-electron chi connectivity index (χ1n) is 7.27. The fourth-order valence-corrected chi connectivity index (χ4v) is 3.08. The molecular weight excluding hydrogens is 254 g/mol. The number of halogens is 2. The molecule has 0 spiro atoms. The van der Waals surface area contributed by atoms with E-state index in [0.29, 0.717) is 24.0 Å². The van der Waals surface area contributed by atoms with Crippen LogP contribution in [-0.4, -0.2) is 0 Å². The maximum atomic E-state index is 14.4. The van der Waals surface area contributed by atoms with Crippen molar-refractivity contribution in [1.29, 1.82) is 0 Å². The molecule has 0 saturated heterocycles. The Hall–Kier alpha value is -1.70. The minimum absolute atomic E-state index is 0.472. The predicted molar refractivity (Wildman–Crippen MR) is 78.0 cm³/mol. The summed E-state index contributed by atoms with van der Waals surface area (Å²) >= 11 is 0. The third kappa shape index (κ3) is 1.94. The molecule has 2 aromatic rings. The number of hydrogen-bond acceptors (Lipinski definition) is 0. The average molecular weight is 272 g/mol. The van der Waals surface area contributed by atoms with Gasteiger partial charge in [0.25, 0.3) is 0 Å². The molecule has 0 nitrogen and oxygen atoms in total. The fourth-order valence-electron chi connectivity index (χ4n) is 3.08. The number of hydrogen-bond donors (Lipinski definition) is 0. The van der Waals surface area contributed by atoms with Gasteiger partial charge in [0.2, 0.25) is 0 Å². The Morgan fingerprint density at radius 1 is 1.00 bits per heavy atom. The molecular formula is C18H18F2. The quantitative estimate of drug-likeness (QED) is 0.626. The molecule has 2 heteroatoms. The van der Waals surface area contributed by atoms with Crippen molar-refractivity contribution < 1.29 is 8.78 Å². The second-order valence-electron chi connectivity index (χ2n) is 5.47. The second-order valence-corrected chi connectivity index (χ2v) is 5.47. The van der Waals surface area contributed by atoms with Crippen molar-refractivity contribution in [2.75, 3.05) is 0 Å². The molecule has 20 heavy (non-hydrogen) atoms. The van der Waals surface area contributed by atoms with Crippen LogP contribution in [0.1, 0.15) is 42.5 Å². The third-order valence-corrected chi connectivity index (χ3v) is 4.11. The summed E-state index contributed by atoms with van der Waals surface area (Å²) in [6.45, 7) is 4.08. The summed E-state index contributed by atoms with van der Waals surface area (Å²) in [5.41, 5.74) is 5.12. The van der Waals surface area contributed by atoms with E-state index in [1.54, 1.807) is 0 Å². The highest BCUT2D eigenvalue weighted by Crippen LogP contribution is 2.40. The average Bonchev–Trinajstić information content (AvgIpc) is 2.81. The highest BCUT2D eigenvalue weighted by atomic mass is 19.2. The maximum absolute atomic E-state index is 14.4. The zero-order chi connectivity index (χ0) is 14.3. The van der Waals surface area contributed by atoms with Crippen molar-refractivity contribution in [2.24, 2.45) is 0 Å². The lowest BCUT2D eigenvalue weighted by molar-refractivity contribution is 0.500. The normalized spacial score (nSPS) is 12.4. The van der Waals surface area contributed by atoms with E-state index in [0.717, 1.165) is 29.5 Å². The summed E-state index contributed by atoms with van der Waals surface area (Å²) in [5.74, 6) is -1.34. The third-order valence-electron chi connectivity index (χ3n) is 4.11. The van der Waals surface area contributed by atoms with Crippen LogP contribution in [0.25, 0.3) is 11.1 Å². The second kappa shape index (κ2) is 5.01. The van der Waals surface area contributed by atoms with Gasteiger partial charge in [0.05, 0.1) is 0 Å². The van der Waals surface area contributed by atoms with Crippen LogP contribution in [0.15, 0.2) is 24.3 Å². The van der Waals surface area contributed by atoms with E-state index in [4.69, 9.17) is 0 Å². The molecule has 0 radical (unpaired) electrons. The first kappa shape index (κ1) is 13.3. The lowest BCUT2D eigenvalue weighted by Crippen LogP contribution is -1.98. The summed E-state index contributed by atoms with van der Waals surface area (Å²) in [5, 5.41) is 0. The molecule has 0 saturated carbocycles. The minimum Gasteiger partial charge on any atom is -0.203 e. The lowest BCUT2D eigenvalue weighted by Gasteiger charge is -2.09. The van der Waals surface area contributed by atoms with Crippen LogP contribution in [-0.2, 0) is 19.3 Å². The Kier molecular flexibility index (Phi) is 3.33. The SMILES string of the molecule is CCCc1cc2c(c(F)c1F)-c1ccc(CC)cc1C2. The molecule has 0 bridgehead atoms. The molecule has 0 fully saturated rings. The van der Waals surface area contributed by atoms with Crippen molar-refractivity contribution >= 4 is 0 Å². The van der Waals surface area contributed by atoms with Crippen LogP contribution in [0.3, 0.4) is 0 Å². The van der Waals surface area contributed by atoms with E-state index in [-0.39, 0.29) is 0 Å². The van der Waals surface area contributed by atoms with E-state index in [1.807, 2.05) is 25.1 Å². The molecule has 2 aromatic carbocycles. The van der Waals surface area contributed by atoms with Crippen LogP contribution in [0.4, 0.5) is 8.78 Å². The van der Waals surface area contributed by atoms with Crippen molar-refractivity contribution in [3.8, 4) is 11.1 Å². The van der Waals surface area contributed by atoms with E-state index in [2.05, 4.69) is 13.0 Å². The van der Waals surface area contributed by atoms with Gasteiger partial charge in [0.15, 0.2) is 11.6 Å². The molecule has 1 aliphatic rings. The molecule has 0 aromatic heterocycles. The van der Waals surface area contributed by atoms with Gasteiger partial charge in [-0.05, 0) is 47.1 Å². The number of benzene rings is 2. The first-order valence-corrected chi connectivity index (χ1v) is 7.27. The van der Waals surface area contributed by atoms with E-state index in [1.165, 1.54) is 5.56 Å². The topological polar surface area (TPSA) is 0 Å². The molecule has 0 heterocycles. The van der Waals surface area contributed by atoms with Gasteiger partial charge >= 0.3 is 0 Å². The monoisotopic (exact) mass is 272 g/mol. The van der Waals surface area contributed by atoms with Crippen molar-refractivity contribution in [3.63, 3.8) is 0 Å². The molecule has 0 N–H and O–H groups in total. The first-order chi connectivity index (χ1) is 9.65. The molecule has 104 valence electrons. The summed E-state index contributed by atoms with van der Waals surface area (Å²) in [6.07, 6.45) is 3.09. The Morgan fingerprint density at radius 3 is 2.50 bits per heavy atom. The van der Waals surface area contributed by atoms with Crippen LogP contribution < -0.4 is 0 Å². The standard InChI is InChI=1S/C18H18F2/c1-3-5-12-9-14-10-13-8-11(4-2)6-7-15(13)16(14)18(20)17(12)19/h6-9H,3-5,10H2,1-2H3. The Morgan fingerprint density at radius 2 is 1.80 bits per heavy atom. The van der Waals surface area contributed by atoms with E-state index in [9.17, 15) is 8.78 Å². The zero-order valence-corrected chi connectivity index (χ0v) is 11.9. The van der Waals surface area contributed by atoms with Gasteiger partial charge in [0, 0.05) is 5.56 Å². The number of rotatable bonds is 3. The summed E-state index contributed by atoms with van der Waals surface area (Å²) in [6, 6.07) is 7.91. The van der Waals surface area contributed by atoms with Crippen LogP contribution >= 0.6 is 0 Å². The van der Waals surface area contributed by atoms with Gasteiger partial charge in [-0.15, -0.1) is 0 Å². The van der Waals surface area contributed by atoms with Crippen LogP contribution in [0.2, 0.25) is 0 Å². The van der Waals surface area contributed by atoms with Gasteiger partial charge in [-0.2, -0.15) is 0 Å². The van der Waals surface area contributed by atoms with E-state index >= 15 is 0 Å². The van der Waals surface area contributed by atoms with Gasteiger partial charge in [0.1, 0.15) is 0 Å². The van der Waals surface area contributed by atoms with E-state index < -0.39 is 11.6 Å². The van der Waals surface area contributed by atoms with Crippen molar-refractivity contribution in [1.82, 2.24) is 0 Å². The zero-order valence-electron chi connectivity index (χ0n) is 11.9. The Bertz CT molecular complexity index is 672. The summed E-state index contributed by atoms with van der Waals surface area (Å²) in [7, 11) is 0. The highest BCUT2D eigenvalue weighted by molar-refractivity contribution is 5.78. The van der Waals surface area contributed by atoms with Gasteiger partial charge in [-0.25, -0.2) is 8.78 Å². The lowest BCUT2D eigenvalue weighted by atomic mass is 9.99. The summed E-state index contributed by atoms with van der Waals surface area (Å²) in [4.78, 5) is 0. The van der Waals surface area contributed by atoms with Gasteiger partial charge in [-0.3, -0.25) is 0 Å². The largest absolute Gasteiger partial charge is 0.203 e. The fraction of sp³-hybridized carbons (Fsp3) is 0.333. The predicted octanol–water partition coefficient (Wildman–Crippen LogP) is 5.05. The molecule has 3 rings (SSSR count). The van der Waals surface area contributed by atoms with Gasteiger partial charge in [-0.1, -0.05) is 44.5 Å². The van der Waals surface area contributed by atoms with Crippen LogP contribution in [0.5, 0.6) is 0 Å². The van der Waals surface area contributed by atoms with Crippen molar-refractivity contribution in [3.05, 3.63) is 58.2 Å². The minimum atomic E-state index is -0.672. The number of aryl methyl sites for hydroxylation is 2. The Balaban J connectivity index is 2.16. The smallest absolute Gasteiger partial charge is 0.167 e. The molecule has 1 aliphatic carbocycles. The highest BCUT2D eigenvalue weighted by Gasteiger charge is 2.26. The van der Waals surface area contributed by atoms with Crippen LogP contribution in [0, 0.1) is 11.6 Å². The Labute approximate surface area is 118 Å². The molecule has 0 aliphatic heterocycles. The molecule has 0 atom stereocenters. The molecule has 0 unspecified atom stereocenters.